The van der Waals surface area contributed by atoms with Crippen molar-refractivity contribution >= 4 is 11.9 Å². The highest BCUT2D eigenvalue weighted by Gasteiger charge is 2.38. The third-order valence-electron chi connectivity index (χ3n) is 3.43. The first kappa shape index (κ1) is 12.6. The molecule has 2 heterocycles. The molecule has 1 aliphatic rings. The fraction of sp³-hybridized carbons (Fsp3) is 0.500. The number of nitrogens with two attached hydrogens (primary N) is 1. The van der Waals surface area contributed by atoms with Crippen LogP contribution in [0.5, 0.6) is 0 Å². The number of hydrogen-bond donors (Lipinski definition) is 2. The van der Waals surface area contributed by atoms with Crippen LogP contribution < -0.4 is 5.73 Å². The van der Waals surface area contributed by atoms with Crippen molar-refractivity contribution in [3.63, 3.8) is 0 Å². The van der Waals surface area contributed by atoms with Crippen molar-refractivity contribution < 1.29 is 19.1 Å². The molecule has 0 radical (unpaired) electrons. The van der Waals surface area contributed by atoms with Gasteiger partial charge in [-0.3, -0.25) is 9.69 Å². The number of aromatic carboxylic acids is 1. The molecule has 18 heavy (non-hydrogen) atoms. The van der Waals surface area contributed by atoms with Gasteiger partial charge >= 0.3 is 5.97 Å². The van der Waals surface area contributed by atoms with Gasteiger partial charge in [-0.2, -0.15) is 0 Å². The summed E-state index contributed by atoms with van der Waals surface area (Å²) in [6.07, 6.45) is 1.94. The smallest absolute Gasteiger partial charge is 0.338 e. The lowest BCUT2D eigenvalue weighted by Gasteiger charge is -2.20. The number of hydrogen-bond acceptors (Lipinski definition) is 4. The Balaban J connectivity index is 1.99. The molecular formula is C12H16N2O4. The van der Waals surface area contributed by atoms with E-state index < -0.39 is 11.4 Å². The van der Waals surface area contributed by atoms with Crippen molar-refractivity contribution in [1.82, 2.24) is 4.90 Å². The number of likely N-dealkylation sites (tertiary alicyclic amines) is 1. The predicted molar refractivity (Wildman–Crippen MR) is 62.9 cm³/mol. The van der Waals surface area contributed by atoms with Crippen LogP contribution >= 0.6 is 0 Å². The summed E-state index contributed by atoms with van der Waals surface area (Å²) in [4.78, 5) is 24.1. The third kappa shape index (κ3) is 2.38. The van der Waals surface area contributed by atoms with Crippen LogP contribution in [0.3, 0.4) is 0 Å². The zero-order chi connectivity index (χ0) is 13.3. The van der Waals surface area contributed by atoms with Gasteiger partial charge in [-0.05, 0) is 26.0 Å². The maximum atomic E-state index is 11.3. The normalized spacial score (nSPS) is 24.3. The van der Waals surface area contributed by atoms with Crippen molar-refractivity contribution in [3.8, 4) is 0 Å². The van der Waals surface area contributed by atoms with Crippen LogP contribution in [0.25, 0.3) is 0 Å². The number of carbonyl (C=O) groups is 2. The maximum Gasteiger partial charge on any atom is 0.338 e. The summed E-state index contributed by atoms with van der Waals surface area (Å²) >= 11 is 0. The number of furan rings is 1. The summed E-state index contributed by atoms with van der Waals surface area (Å²) in [5, 5.41) is 8.78. The molecule has 1 fully saturated rings. The van der Waals surface area contributed by atoms with Gasteiger partial charge in [0, 0.05) is 6.54 Å². The van der Waals surface area contributed by atoms with E-state index in [-0.39, 0.29) is 11.5 Å². The number of carbonyl (C=O) groups excluding carboxylic acids is 1. The lowest BCUT2D eigenvalue weighted by Crippen LogP contribution is -2.36. The van der Waals surface area contributed by atoms with E-state index in [0.717, 1.165) is 13.0 Å². The van der Waals surface area contributed by atoms with Crippen molar-refractivity contribution in [2.24, 2.45) is 11.1 Å². The second-order valence-corrected chi connectivity index (χ2v) is 4.99. The first-order chi connectivity index (χ1) is 8.40. The number of primary amides is 1. The van der Waals surface area contributed by atoms with Crippen molar-refractivity contribution in [1.29, 1.82) is 0 Å². The van der Waals surface area contributed by atoms with E-state index in [9.17, 15) is 9.59 Å². The summed E-state index contributed by atoms with van der Waals surface area (Å²) in [5.74, 6) is -0.717. The van der Waals surface area contributed by atoms with E-state index in [1.807, 2.05) is 11.8 Å². The topological polar surface area (TPSA) is 96.8 Å². The number of carboxylic acid groups (broad SMARTS) is 1. The summed E-state index contributed by atoms with van der Waals surface area (Å²) in [6, 6.07) is 1.50. The Kier molecular flexibility index (Phi) is 3.13. The molecule has 6 nitrogen and oxygen atoms in total. The molecule has 2 rings (SSSR count). The monoisotopic (exact) mass is 252 g/mol. The van der Waals surface area contributed by atoms with E-state index in [2.05, 4.69) is 0 Å². The molecule has 0 bridgehead atoms. The number of nitrogens with zero attached hydrogens (tertiary/aromatic N) is 1. The molecule has 1 amide bonds. The molecule has 0 spiro atoms. The average molecular weight is 252 g/mol. The van der Waals surface area contributed by atoms with Gasteiger partial charge in [-0.15, -0.1) is 0 Å². The quantitative estimate of drug-likeness (QED) is 0.821. The lowest BCUT2D eigenvalue weighted by atomic mass is 9.89. The predicted octanol–water partition coefficient (Wildman–Crippen LogP) is 0.675. The standard InChI is InChI=1S/C12H16N2O4/c1-12(11(13)17)2-3-14(7-12)5-9-4-8(6-18-9)10(15)16/h4,6H,2-3,5,7H2,1H3,(H2,13,17)(H,15,16). The number of amides is 1. The molecule has 1 saturated heterocycles. The molecule has 1 aliphatic heterocycles. The first-order valence-corrected chi connectivity index (χ1v) is 5.74. The van der Waals surface area contributed by atoms with Gasteiger partial charge < -0.3 is 15.3 Å². The van der Waals surface area contributed by atoms with Crippen LogP contribution in [-0.2, 0) is 11.3 Å². The van der Waals surface area contributed by atoms with Gasteiger partial charge in [-0.1, -0.05) is 0 Å². The summed E-state index contributed by atoms with van der Waals surface area (Å²) in [7, 11) is 0. The van der Waals surface area contributed by atoms with Crippen molar-refractivity contribution in [3.05, 3.63) is 23.7 Å². The Bertz CT molecular complexity index is 482. The zero-order valence-electron chi connectivity index (χ0n) is 10.2. The van der Waals surface area contributed by atoms with Crippen LogP contribution in [0.1, 0.15) is 29.5 Å². The fourth-order valence-corrected chi connectivity index (χ4v) is 2.19. The van der Waals surface area contributed by atoms with E-state index in [0.29, 0.717) is 18.8 Å². The van der Waals surface area contributed by atoms with Gasteiger partial charge in [0.05, 0.1) is 17.5 Å². The fourth-order valence-electron chi connectivity index (χ4n) is 2.19. The highest BCUT2D eigenvalue weighted by Crippen LogP contribution is 2.30. The van der Waals surface area contributed by atoms with Crippen LogP contribution in [0.2, 0.25) is 0 Å². The van der Waals surface area contributed by atoms with Gasteiger partial charge in [0.15, 0.2) is 0 Å². The summed E-state index contributed by atoms with van der Waals surface area (Å²) < 4.78 is 5.18. The van der Waals surface area contributed by atoms with Gasteiger partial charge in [-0.25, -0.2) is 4.79 Å². The Labute approximate surface area is 104 Å². The molecule has 98 valence electrons. The van der Waals surface area contributed by atoms with Crippen LogP contribution in [0, 0.1) is 5.41 Å². The molecule has 3 N–H and O–H groups in total. The minimum Gasteiger partial charge on any atom is -0.478 e. The first-order valence-electron chi connectivity index (χ1n) is 5.74. The molecule has 0 aliphatic carbocycles. The molecule has 1 aromatic rings. The van der Waals surface area contributed by atoms with E-state index in [1.54, 1.807) is 0 Å². The molecule has 6 heteroatoms. The minimum atomic E-state index is -1.01. The van der Waals surface area contributed by atoms with E-state index in [1.165, 1.54) is 12.3 Å². The van der Waals surface area contributed by atoms with Crippen molar-refractivity contribution in [2.45, 2.75) is 19.9 Å². The molecule has 1 unspecified atom stereocenters. The molecule has 1 aromatic heterocycles. The number of carboxylic acids is 1. The van der Waals surface area contributed by atoms with Crippen LogP contribution in [0.4, 0.5) is 0 Å². The molecule has 0 saturated carbocycles. The highest BCUT2D eigenvalue weighted by molar-refractivity contribution is 5.87. The van der Waals surface area contributed by atoms with Crippen LogP contribution in [0.15, 0.2) is 16.7 Å². The summed E-state index contributed by atoms with van der Waals surface area (Å²) in [5.41, 5.74) is 5.01. The van der Waals surface area contributed by atoms with Gasteiger partial charge in [0.1, 0.15) is 12.0 Å². The Morgan fingerprint density at radius 2 is 2.33 bits per heavy atom. The number of rotatable bonds is 4. The average Bonchev–Trinajstić information content (AvgIpc) is 2.87. The second-order valence-electron chi connectivity index (χ2n) is 4.99. The maximum absolute atomic E-state index is 11.3. The highest BCUT2D eigenvalue weighted by atomic mass is 16.4. The third-order valence-corrected chi connectivity index (χ3v) is 3.43. The molecular weight excluding hydrogens is 236 g/mol. The van der Waals surface area contributed by atoms with E-state index >= 15 is 0 Å². The van der Waals surface area contributed by atoms with Gasteiger partial charge in [0.25, 0.3) is 0 Å². The lowest BCUT2D eigenvalue weighted by molar-refractivity contribution is -0.126. The van der Waals surface area contributed by atoms with Crippen LogP contribution in [-0.4, -0.2) is 35.0 Å². The van der Waals surface area contributed by atoms with Crippen molar-refractivity contribution in [2.75, 3.05) is 13.1 Å². The zero-order valence-corrected chi connectivity index (χ0v) is 10.2. The van der Waals surface area contributed by atoms with Gasteiger partial charge in [0.2, 0.25) is 5.91 Å². The second kappa shape index (κ2) is 4.45. The Hall–Kier alpha value is -1.82. The summed E-state index contributed by atoms with van der Waals surface area (Å²) in [6.45, 7) is 3.67. The minimum absolute atomic E-state index is 0.141. The molecule has 1 atom stereocenters. The largest absolute Gasteiger partial charge is 0.478 e. The Morgan fingerprint density at radius 3 is 2.83 bits per heavy atom. The Morgan fingerprint density at radius 1 is 1.61 bits per heavy atom. The molecule has 0 aromatic carbocycles. The van der Waals surface area contributed by atoms with E-state index in [4.69, 9.17) is 15.3 Å². The SMILES string of the molecule is CC1(C(N)=O)CCN(Cc2cc(C(=O)O)co2)C1.